The number of hydrogen-bond acceptors (Lipinski definition) is 6. The molecule has 0 saturated carbocycles. The van der Waals surface area contributed by atoms with Gasteiger partial charge >= 0.3 is 5.97 Å². The summed E-state index contributed by atoms with van der Waals surface area (Å²) in [7, 11) is 1.79. The number of nitrogens with zero attached hydrogens (tertiary/aromatic N) is 2. The second-order valence-corrected chi connectivity index (χ2v) is 6.24. The summed E-state index contributed by atoms with van der Waals surface area (Å²) in [4.78, 5) is 24.4. The van der Waals surface area contributed by atoms with Crippen molar-refractivity contribution >= 4 is 17.6 Å². The van der Waals surface area contributed by atoms with Crippen molar-refractivity contribution in [2.45, 2.75) is 34.1 Å². The van der Waals surface area contributed by atoms with Crippen LogP contribution in [-0.4, -0.2) is 41.5 Å². The quantitative estimate of drug-likeness (QED) is 0.663. The van der Waals surface area contributed by atoms with Crippen molar-refractivity contribution < 1.29 is 23.8 Å². The Labute approximate surface area is 164 Å². The third kappa shape index (κ3) is 5.25. The molecule has 1 aromatic heterocycles. The molecule has 0 aliphatic heterocycles. The van der Waals surface area contributed by atoms with E-state index in [1.807, 2.05) is 20.8 Å². The number of nitrogens with one attached hydrogen (secondary N) is 1. The first-order valence-electron chi connectivity index (χ1n) is 9.24. The van der Waals surface area contributed by atoms with Crippen LogP contribution < -0.4 is 14.8 Å². The molecule has 2 rings (SSSR count). The highest BCUT2D eigenvalue weighted by Crippen LogP contribution is 2.29. The van der Waals surface area contributed by atoms with Gasteiger partial charge in [-0.3, -0.25) is 9.48 Å². The Morgan fingerprint density at radius 1 is 1.14 bits per heavy atom. The Bertz CT molecular complexity index is 845. The van der Waals surface area contributed by atoms with E-state index in [1.54, 1.807) is 36.9 Å². The monoisotopic (exact) mass is 389 g/mol. The minimum absolute atomic E-state index is 0.286. The number of amides is 1. The average molecular weight is 389 g/mol. The molecule has 0 radical (unpaired) electrons. The van der Waals surface area contributed by atoms with Crippen molar-refractivity contribution in [1.29, 1.82) is 0 Å². The summed E-state index contributed by atoms with van der Waals surface area (Å²) in [6.07, 6.45) is 0.861. The van der Waals surface area contributed by atoms with Gasteiger partial charge in [0.05, 0.1) is 35.9 Å². The van der Waals surface area contributed by atoms with Crippen LogP contribution in [0.5, 0.6) is 11.5 Å². The highest BCUT2D eigenvalue weighted by Gasteiger charge is 2.16. The van der Waals surface area contributed by atoms with E-state index in [4.69, 9.17) is 14.2 Å². The standard InChI is InChI=1S/C20H27N3O5/c1-6-10-27-16-9-8-15(11-17(16)26-7-2)20(25)28-12-18(24)21-19-13(3)22-23(5)14(19)4/h8-9,11H,6-7,10,12H2,1-5H3,(H,21,24). The normalized spacial score (nSPS) is 10.5. The van der Waals surface area contributed by atoms with Crippen LogP contribution in [0.2, 0.25) is 0 Å². The molecule has 2 aromatic rings. The Kier molecular flexibility index (Phi) is 7.43. The van der Waals surface area contributed by atoms with Crippen LogP contribution in [-0.2, 0) is 16.6 Å². The van der Waals surface area contributed by atoms with Crippen molar-refractivity contribution in [1.82, 2.24) is 9.78 Å². The van der Waals surface area contributed by atoms with Crippen LogP contribution in [0.1, 0.15) is 42.0 Å². The second-order valence-electron chi connectivity index (χ2n) is 6.24. The molecule has 0 fully saturated rings. The van der Waals surface area contributed by atoms with Crippen molar-refractivity contribution in [3.05, 3.63) is 35.2 Å². The van der Waals surface area contributed by atoms with Gasteiger partial charge in [-0.05, 0) is 45.4 Å². The number of anilines is 1. The molecule has 0 saturated heterocycles. The number of ether oxygens (including phenoxy) is 3. The molecule has 0 atom stereocenters. The number of hydrogen-bond donors (Lipinski definition) is 1. The van der Waals surface area contributed by atoms with Gasteiger partial charge in [0.1, 0.15) is 0 Å². The van der Waals surface area contributed by atoms with Crippen LogP contribution in [0.25, 0.3) is 0 Å². The fraction of sp³-hybridized carbons (Fsp3) is 0.450. The molecule has 0 aliphatic carbocycles. The van der Waals surface area contributed by atoms with E-state index in [2.05, 4.69) is 10.4 Å². The molecule has 28 heavy (non-hydrogen) atoms. The Hall–Kier alpha value is -3.03. The lowest BCUT2D eigenvalue weighted by Crippen LogP contribution is -2.21. The smallest absolute Gasteiger partial charge is 0.338 e. The van der Waals surface area contributed by atoms with Crippen LogP contribution in [0.15, 0.2) is 18.2 Å². The number of rotatable bonds is 9. The van der Waals surface area contributed by atoms with Crippen molar-refractivity contribution in [2.75, 3.05) is 25.1 Å². The SMILES string of the molecule is CCCOc1ccc(C(=O)OCC(=O)Nc2c(C)nn(C)c2C)cc1OCC. The highest BCUT2D eigenvalue weighted by atomic mass is 16.5. The number of aromatic nitrogens is 2. The molecule has 152 valence electrons. The number of esters is 1. The van der Waals surface area contributed by atoms with Gasteiger partial charge < -0.3 is 19.5 Å². The molecule has 1 amide bonds. The molecule has 1 heterocycles. The van der Waals surface area contributed by atoms with Crippen molar-refractivity contribution in [2.24, 2.45) is 7.05 Å². The summed E-state index contributed by atoms with van der Waals surface area (Å²) in [6.45, 7) is 8.09. The first-order chi connectivity index (χ1) is 13.4. The molecular formula is C20H27N3O5. The fourth-order valence-corrected chi connectivity index (χ4v) is 2.58. The maximum atomic E-state index is 12.3. The van der Waals surface area contributed by atoms with Crippen LogP contribution in [0, 0.1) is 13.8 Å². The van der Waals surface area contributed by atoms with E-state index in [1.165, 1.54) is 0 Å². The fourth-order valence-electron chi connectivity index (χ4n) is 2.58. The summed E-state index contributed by atoms with van der Waals surface area (Å²) in [6, 6.07) is 4.81. The molecular weight excluding hydrogens is 362 g/mol. The van der Waals surface area contributed by atoms with Crippen LogP contribution in [0.3, 0.4) is 0 Å². The van der Waals surface area contributed by atoms with Gasteiger partial charge in [0.2, 0.25) is 0 Å². The van der Waals surface area contributed by atoms with Gasteiger partial charge in [0.15, 0.2) is 18.1 Å². The third-order valence-corrected chi connectivity index (χ3v) is 4.05. The maximum absolute atomic E-state index is 12.3. The number of carbonyl (C=O) groups is 2. The lowest BCUT2D eigenvalue weighted by atomic mass is 10.2. The number of aryl methyl sites for hydroxylation is 2. The minimum Gasteiger partial charge on any atom is -0.490 e. The van der Waals surface area contributed by atoms with E-state index in [9.17, 15) is 9.59 Å². The first-order valence-corrected chi connectivity index (χ1v) is 9.24. The van der Waals surface area contributed by atoms with E-state index in [0.717, 1.165) is 12.1 Å². The first kappa shape index (κ1) is 21.3. The average Bonchev–Trinajstić information content (AvgIpc) is 2.91. The maximum Gasteiger partial charge on any atom is 0.338 e. The van der Waals surface area contributed by atoms with Gasteiger partial charge in [-0.25, -0.2) is 4.79 Å². The van der Waals surface area contributed by atoms with E-state index in [0.29, 0.717) is 36.1 Å². The van der Waals surface area contributed by atoms with Crippen molar-refractivity contribution in [3.63, 3.8) is 0 Å². The molecule has 1 N–H and O–H groups in total. The zero-order valence-corrected chi connectivity index (χ0v) is 17.0. The number of carbonyl (C=O) groups excluding carboxylic acids is 2. The molecule has 0 unspecified atom stereocenters. The topological polar surface area (TPSA) is 91.7 Å². The third-order valence-electron chi connectivity index (χ3n) is 4.05. The highest BCUT2D eigenvalue weighted by molar-refractivity contribution is 5.96. The Balaban J connectivity index is 2.00. The molecule has 0 bridgehead atoms. The summed E-state index contributed by atoms with van der Waals surface area (Å²) in [5.74, 6) is -0.00441. The summed E-state index contributed by atoms with van der Waals surface area (Å²) < 4.78 is 18.0. The Morgan fingerprint density at radius 2 is 1.89 bits per heavy atom. The van der Waals surface area contributed by atoms with Crippen molar-refractivity contribution in [3.8, 4) is 11.5 Å². The second kappa shape index (κ2) is 9.77. The molecule has 0 aliphatic rings. The molecule has 8 nitrogen and oxygen atoms in total. The molecule has 1 aromatic carbocycles. The van der Waals surface area contributed by atoms with Gasteiger partial charge in [-0.1, -0.05) is 6.92 Å². The van der Waals surface area contributed by atoms with Gasteiger partial charge in [-0.2, -0.15) is 5.10 Å². The lowest BCUT2D eigenvalue weighted by molar-refractivity contribution is -0.119. The largest absolute Gasteiger partial charge is 0.490 e. The Morgan fingerprint density at radius 3 is 2.50 bits per heavy atom. The van der Waals surface area contributed by atoms with Gasteiger partial charge in [0.25, 0.3) is 5.91 Å². The van der Waals surface area contributed by atoms with Crippen LogP contribution >= 0.6 is 0 Å². The van der Waals surface area contributed by atoms with E-state index < -0.39 is 18.5 Å². The zero-order valence-electron chi connectivity index (χ0n) is 17.0. The van der Waals surface area contributed by atoms with Gasteiger partial charge in [0, 0.05) is 7.05 Å². The molecule has 0 spiro atoms. The summed E-state index contributed by atoms with van der Waals surface area (Å²) in [5.41, 5.74) is 2.43. The summed E-state index contributed by atoms with van der Waals surface area (Å²) in [5, 5.41) is 6.96. The minimum atomic E-state index is -0.613. The van der Waals surface area contributed by atoms with E-state index >= 15 is 0 Å². The predicted octanol–water partition coefficient (Wildman–Crippen LogP) is 3.02. The summed E-state index contributed by atoms with van der Waals surface area (Å²) >= 11 is 0. The van der Waals surface area contributed by atoms with Gasteiger partial charge in [-0.15, -0.1) is 0 Å². The predicted molar refractivity (Wildman–Crippen MR) is 105 cm³/mol. The molecule has 8 heteroatoms. The zero-order chi connectivity index (χ0) is 20.7. The lowest BCUT2D eigenvalue weighted by Gasteiger charge is -2.13. The van der Waals surface area contributed by atoms with Crippen LogP contribution in [0.4, 0.5) is 5.69 Å². The van der Waals surface area contributed by atoms with E-state index in [-0.39, 0.29) is 5.56 Å². The number of benzene rings is 1.